The maximum absolute atomic E-state index is 13.1. The average Bonchev–Trinajstić information content (AvgIpc) is 2.57. The molecule has 0 spiro atoms. The van der Waals surface area contributed by atoms with E-state index in [1.165, 1.54) is 6.07 Å². The molecule has 6 nitrogen and oxygen atoms in total. The van der Waals surface area contributed by atoms with E-state index in [1.54, 1.807) is 4.90 Å². The van der Waals surface area contributed by atoms with Crippen molar-refractivity contribution < 1.29 is 23.1 Å². The van der Waals surface area contributed by atoms with E-state index < -0.39 is 11.6 Å². The largest absolute Gasteiger partial charge is 0.384 e. The molecule has 23 heavy (non-hydrogen) atoms. The molecule has 2 N–H and O–H groups in total. The van der Waals surface area contributed by atoms with Gasteiger partial charge in [-0.05, 0) is 24.6 Å². The quantitative estimate of drug-likeness (QED) is 0.501. The topological polar surface area (TPSA) is 77.2 Å². The second-order valence-electron chi connectivity index (χ2n) is 5.12. The van der Waals surface area contributed by atoms with Crippen molar-refractivity contribution in [3.05, 3.63) is 35.4 Å². The van der Waals surface area contributed by atoms with Gasteiger partial charge >= 0.3 is 0 Å². The van der Waals surface area contributed by atoms with E-state index in [1.807, 2.05) is 6.92 Å². The molecule has 1 amide bonds. The van der Waals surface area contributed by atoms with Crippen LogP contribution in [0.15, 0.2) is 23.4 Å². The van der Waals surface area contributed by atoms with Crippen molar-refractivity contribution in [3.63, 3.8) is 0 Å². The lowest BCUT2D eigenvalue weighted by atomic mass is 10.2. The van der Waals surface area contributed by atoms with Gasteiger partial charge in [-0.2, -0.15) is 0 Å². The summed E-state index contributed by atoms with van der Waals surface area (Å²) >= 11 is 0. The molecular weight excluding hydrogens is 308 g/mol. The summed E-state index contributed by atoms with van der Waals surface area (Å²) in [5, 5.41) is 3.57. The Morgan fingerprint density at radius 1 is 1.48 bits per heavy atom. The van der Waals surface area contributed by atoms with Gasteiger partial charge in [-0.1, -0.05) is 12.1 Å². The Balaban J connectivity index is 1.87. The van der Waals surface area contributed by atoms with Gasteiger partial charge in [0.15, 0.2) is 24.1 Å². The number of hydrogen-bond acceptors (Lipinski definition) is 4. The Morgan fingerprint density at radius 3 is 2.96 bits per heavy atom. The van der Waals surface area contributed by atoms with Crippen LogP contribution in [-0.2, 0) is 14.4 Å². The maximum Gasteiger partial charge on any atom is 0.263 e. The molecular formula is C15H19F2N3O3. The molecule has 1 atom stereocenters. The Morgan fingerprint density at radius 2 is 2.26 bits per heavy atom. The fraction of sp³-hybridized carbons (Fsp3) is 0.467. The standard InChI is InChI=1S/C15H19F2N3O3/c1-2-11-8-20(5-6-22-11)14(21)9-23-19-15(18)10-3-4-12(16)13(17)7-10/h3-4,7,11H,2,5-6,8-9H2,1H3,(H2,18,19)/t11-/m0/s1. The summed E-state index contributed by atoms with van der Waals surface area (Å²) in [6.45, 7) is 3.22. The van der Waals surface area contributed by atoms with E-state index in [0.717, 1.165) is 18.6 Å². The predicted molar refractivity (Wildman–Crippen MR) is 79.6 cm³/mol. The third-order valence-corrected chi connectivity index (χ3v) is 3.51. The first-order valence-corrected chi connectivity index (χ1v) is 7.31. The highest BCUT2D eigenvalue weighted by molar-refractivity contribution is 5.97. The number of carbonyl (C=O) groups is 1. The number of oxime groups is 1. The van der Waals surface area contributed by atoms with Crippen molar-refractivity contribution in [2.24, 2.45) is 10.9 Å². The first-order chi connectivity index (χ1) is 11.0. The molecule has 0 bridgehead atoms. The first-order valence-electron chi connectivity index (χ1n) is 7.31. The van der Waals surface area contributed by atoms with Crippen molar-refractivity contribution in [1.29, 1.82) is 0 Å². The molecule has 1 heterocycles. The summed E-state index contributed by atoms with van der Waals surface area (Å²) in [5.74, 6) is -2.37. The van der Waals surface area contributed by atoms with E-state index in [4.69, 9.17) is 15.3 Å². The minimum atomic E-state index is -1.03. The van der Waals surface area contributed by atoms with Gasteiger partial charge in [-0.15, -0.1) is 0 Å². The molecule has 8 heteroatoms. The van der Waals surface area contributed by atoms with Gasteiger partial charge in [-0.3, -0.25) is 4.79 Å². The first kappa shape index (κ1) is 17.1. The summed E-state index contributed by atoms with van der Waals surface area (Å²) in [5.41, 5.74) is 5.79. The van der Waals surface area contributed by atoms with Crippen LogP contribution in [0.3, 0.4) is 0 Å². The third kappa shape index (κ3) is 4.62. The predicted octanol–water partition coefficient (Wildman–Crippen LogP) is 1.24. The number of amidine groups is 1. The minimum Gasteiger partial charge on any atom is -0.384 e. The van der Waals surface area contributed by atoms with Crippen molar-refractivity contribution in [2.45, 2.75) is 19.4 Å². The number of halogens is 2. The van der Waals surface area contributed by atoms with E-state index in [-0.39, 0.29) is 30.0 Å². The average molecular weight is 327 g/mol. The van der Waals surface area contributed by atoms with Gasteiger partial charge in [0.2, 0.25) is 0 Å². The second-order valence-corrected chi connectivity index (χ2v) is 5.12. The van der Waals surface area contributed by atoms with Crippen LogP contribution in [0.25, 0.3) is 0 Å². The Labute approximate surface area is 132 Å². The van der Waals surface area contributed by atoms with E-state index in [9.17, 15) is 13.6 Å². The molecule has 0 aromatic heterocycles. The molecule has 1 aromatic rings. The summed E-state index contributed by atoms with van der Waals surface area (Å²) in [6.07, 6.45) is 0.856. The normalized spacial score (nSPS) is 18.8. The number of nitrogens with two attached hydrogens (primary N) is 1. The summed E-state index contributed by atoms with van der Waals surface area (Å²) in [4.78, 5) is 18.6. The van der Waals surface area contributed by atoms with Crippen molar-refractivity contribution in [3.8, 4) is 0 Å². The molecule has 0 radical (unpaired) electrons. The van der Waals surface area contributed by atoms with E-state index >= 15 is 0 Å². The zero-order valence-electron chi connectivity index (χ0n) is 12.8. The van der Waals surface area contributed by atoms with Gasteiger partial charge in [-0.25, -0.2) is 8.78 Å². The van der Waals surface area contributed by atoms with Gasteiger partial charge in [0.1, 0.15) is 0 Å². The zero-order valence-corrected chi connectivity index (χ0v) is 12.8. The van der Waals surface area contributed by atoms with Crippen LogP contribution in [0.1, 0.15) is 18.9 Å². The third-order valence-electron chi connectivity index (χ3n) is 3.51. The smallest absolute Gasteiger partial charge is 0.263 e. The molecule has 1 saturated heterocycles. The summed E-state index contributed by atoms with van der Waals surface area (Å²) in [7, 11) is 0. The highest BCUT2D eigenvalue weighted by atomic mass is 19.2. The summed E-state index contributed by atoms with van der Waals surface area (Å²) in [6, 6.07) is 3.13. The van der Waals surface area contributed by atoms with Crippen LogP contribution in [0, 0.1) is 11.6 Å². The number of nitrogens with zero attached hydrogens (tertiary/aromatic N) is 2. The fourth-order valence-corrected chi connectivity index (χ4v) is 2.15. The molecule has 0 aliphatic carbocycles. The zero-order chi connectivity index (χ0) is 16.8. The highest BCUT2D eigenvalue weighted by Crippen LogP contribution is 2.10. The Kier molecular flexibility index (Phi) is 5.86. The molecule has 1 aliphatic rings. The number of benzene rings is 1. The number of amides is 1. The molecule has 1 aliphatic heterocycles. The Bertz CT molecular complexity index is 595. The van der Waals surface area contributed by atoms with Crippen LogP contribution >= 0.6 is 0 Å². The SMILES string of the molecule is CC[C@H]1CN(C(=O)CO/N=C(/N)c2ccc(F)c(F)c2)CCO1. The lowest BCUT2D eigenvalue weighted by Crippen LogP contribution is -2.46. The minimum absolute atomic E-state index is 0.0310. The fourth-order valence-electron chi connectivity index (χ4n) is 2.15. The van der Waals surface area contributed by atoms with Crippen molar-refractivity contribution in [2.75, 3.05) is 26.3 Å². The number of hydrogen-bond donors (Lipinski definition) is 1. The van der Waals surface area contributed by atoms with E-state index in [0.29, 0.717) is 19.7 Å². The number of rotatable bonds is 5. The molecule has 1 fully saturated rings. The Hall–Kier alpha value is -2.22. The number of carbonyl (C=O) groups excluding carboxylic acids is 1. The van der Waals surface area contributed by atoms with Gasteiger partial charge in [0, 0.05) is 18.7 Å². The van der Waals surface area contributed by atoms with E-state index in [2.05, 4.69) is 5.16 Å². The lowest BCUT2D eigenvalue weighted by molar-refractivity contribution is -0.143. The monoisotopic (exact) mass is 327 g/mol. The second kappa shape index (κ2) is 7.87. The summed E-state index contributed by atoms with van der Waals surface area (Å²) < 4.78 is 31.4. The van der Waals surface area contributed by atoms with Crippen LogP contribution in [0.4, 0.5) is 8.78 Å². The maximum atomic E-state index is 13.1. The lowest BCUT2D eigenvalue weighted by Gasteiger charge is -2.32. The van der Waals surface area contributed by atoms with Gasteiger partial charge in [0.25, 0.3) is 5.91 Å². The molecule has 0 unspecified atom stereocenters. The van der Waals surface area contributed by atoms with Gasteiger partial charge in [0.05, 0.1) is 12.7 Å². The van der Waals surface area contributed by atoms with Crippen molar-refractivity contribution in [1.82, 2.24) is 4.90 Å². The van der Waals surface area contributed by atoms with Crippen LogP contribution in [0.5, 0.6) is 0 Å². The van der Waals surface area contributed by atoms with Gasteiger partial charge < -0.3 is 20.2 Å². The number of morpholine rings is 1. The molecule has 0 saturated carbocycles. The van der Waals surface area contributed by atoms with Crippen LogP contribution in [0.2, 0.25) is 0 Å². The molecule has 1 aromatic carbocycles. The number of ether oxygens (including phenoxy) is 1. The van der Waals surface area contributed by atoms with Crippen molar-refractivity contribution >= 4 is 11.7 Å². The molecule has 2 rings (SSSR count). The molecule has 126 valence electrons. The van der Waals surface area contributed by atoms with Crippen LogP contribution < -0.4 is 5.73 Å². The van der Waals surface area contributed by atoms with Crippen LogP contribution in [-0.4, -0.2) is 49.0 Å². The highest BCUT2D eigenvalue weighted by Gasteiger charge is 2.23.